The van der Waals surface area contributed by atoms with Crippen LogP contribution in [-0.2, 0) is 15.2 Å². The molecule has 1 fully saturated rings. The molecule has 1 saturated carbocycles. The first-order valence-electron chi connectivity index (χ1n) is 13.0. The maximum Gasteiger partial charge on any atom is 0.338 e. The number of anilines is 1. The van der Waals surface area contributed by atoms with Crippen LogP contribution in [0.5, 0.6) is 0 Å². The van der Waals surface area contributed by atoms with Gasteiger partial charge in [0.05, 0.1) is 23.2 Å². The van der Waals surface area contributed by atoms with E-state index in [1.807, 2.05) is 4.57 Å². The number of benzene rings is 3. The molecular weight excluding hydrogens is 524 g/mol. The van der Waals surface area contributed by atoms with E-state index < -0.39 is 23.3 Å². The second-order valence-corrected chi connectivity index (χ2v) is 10.1. The van der Waals surface area contributed by atoms with E-state index in [-0.39, 0.29) is 18.0 Å². The molecule has 0 aliphatic heterocycles. The van der Waals surface area contributed by atoms with Crippen LogP contribution < -0.4 is 4.90 Å². The lowest BCUT2D eigenvalue weighted by atomic mass is 9.85. The number of carbonyl (C=O) groups excluding carboxylic acids is 2. The quantitative estimate of drug-likeness (QED) is 0.233. The Hall–Kier alpha value is -3.78. The topological polar surface area (TPSA) is 64.4 Å². The van der Waals surface area contributed by atoms with Gasteiger partial charge < -0.3 is 4.74 Å². The fourth-order valence-electron chi connectivity index (χ4n) is 5.63. The maximum atomic E-state index is 14.7. The van der Waals surface area contributed by atoms with Crippen molar-refractivity contribution in [3.05, 3.63) is 82.9 Å². The number of hydrogen-bond donors (Lipinski definition) is 0. The lowest BCUT2D eigenvalue weighted by Crippen LogP contribution is -2.54. The Labute approximate surface area is 230 Å². The van der Waals surface area contributed by atoms with Gasteiger partial charge in [-0.25, -0.2) is 18.6 Å². The first-order valence-corrected chi connectivity index (χ1v) is 13.3. The molecule has 1 aliphatic carbocycles. The van der Waals surface area contributed by atoms with Gasteiger partial charge in [-0.1, -0.05) is 18.0 Å². The summed E-state index contributed by atoms with van der Waals surface area (Å²) in [5.74, 6) is -2.19. The number of ether oxygens (including phenoxy) is 1. The largest absolute Gasteiger partial charge is 0.462 e. The predicted octanol–water partition coefficient (Wildman–Crippen LogP) is 7.48. The predicted molar refractivity (Wildman–Crippen MR) is 147 cm³/mol. The summed E-state index contributed by atoms with van der Waals surface area (Å²) in [6.45, 7) is 3.47. The molecule has 1 amide bonds. The number of hydrogen-bond acceptors (Lipinski definition) is 4. The third-order valence-corrected chi connectivity index (χ3v) is 7.49. The SMILES string of the molecule is CCOC(=O)c1ccc(N(C(C)=O)C2(n3c(-c4ccc(Cl)cc4)nc4cc(F)c(F)cc43)CCCCC2)cc1. The molecule has 202 valence electrons. The van der Waals surface area contributed by atoms with Crippen LogP contribution >= 0.6 is 11.6 Å². The van der Waals surface area contributed by atoms with E-state index in [1.54, 1.807) is 60.4 Å². The molecule has 4 aromatic rings. The molecule has 1 aliphatic rings. The summed E-state index contributed by atoms with van der Waals surface area (Å²) in [6, 6.07) is 16.0. The molecule has 39 heavy (non-hydrogen) atoms. The van der Waals surface area contributed by atoms with Crippen molar-refractivity contribution in [1.29, 1.82) is 0 Å². The Balaban J connectivity index is 1.77. The number of amides is 1. The molecule has 5 rings (SSSR count). The normalized spacial score (nSPS) is 14.8. The smallest absolute Gasteiger partial charge is 0.338 e. The fraction of sp³-hybridized carbons (Fsp3) is 0.300. The molecule has 0 N–H and O–H groups in total. The van der Waals surface area contributed by atoms with Gasteiger partial charge in [-0.15, -0.1) is 0 Å². The summed E-state index contributed by atoms with van der Waals surface area (Å²) in [4.78, 5) is 32.2. The molecular formula is C30H28ClF2N3O3. The molecule has 1 aromatic heterocycles. The third kappa shape index (κ3) is 4.89. The molecule has 6 nitrogen and oxygen atoms in total. The van der Waals surface area contributed by atoms with Crippen LogP contribution in [0.3, 0.4) is 0 Å². The number of aromatic nitrogens is 2. The van der Waals surface area contributed by atoms with Gasteiger partial charge in [0.15, 0.2) is 11.6 Å². The zero-order valence-electron chi connectivity index (χ0n) is 21.7. The average Bonchev–Trinajstić information content (AvgIpc) is 3.29. The zero-order valence-corrected chi connectivity index (χ0v) is 22.5. The van der Waals surface area contributed by atoms with Gasteiger partial charge in [0.25, 0.3) is 0 Å². The Morgan fingerprint density at radius 3 is 2.26 bits per heavy atom. The van der Waals surface area contributed by atoms with Crippen LogP contribution in [-0.4, -0.2) is 28.0 Å². The Morgan fingerprint density at radius 2 is 1.64 bits per heavy atom. The Bertz CT molecular complexity index is 1530. The second kappa shape index (κ2) is 10.8. The van der Waals surface area contributed by atoms with Gasteiger partial charge in [0.1, 0.15) is 11.5 Å². The minimum Gasteiger partial charge on any atom is -0.462 e. The van der Waals surface area contributed by atoms with E-state index >= 15 is 0 Å². The number of nitrogens with zero attached hydrogens (tertiary/aromatic N) is 3. The van der Waals surface area contributed by atoms with Crippen molar-refractivity contribution in [2.24, 2.45) is 0 Å². The van der Waals surface area contributed by atoms with Crippen molar-refractivity contribution in [1.82, 2.24) is 9.55 Å². The molecule has 0 unspecified atom stereocenters. The molecule has 1 heterocycles. The van der Waals surface area contributed by atoms with E-state index in [4.69, 9.17) is 21.3 Å². The zero-order chi connectivity index (χ0) is 27.7. The summed E-state index contributed by atoms with van der Waals surface area (Å²) in [5.41, 5.74) is 1.34. The van der Waals surface area contributed by atoms with Crippen molar-refractivity contribution < 1.29 is 23.1 Å². The standard InChI is InChI=1S/C30H28ClF2N3O3/c1-3-39-29(38)21-9-13-23(14-10-21)35(19(2)37)30(15-5-4-6-16-30)36-27-18-25(33)24(32)17-26(27)34-28(36)20-7-11-22(31)12-8-20/h7-14,17-18H,3-6,15-16H2,1-2H3. The maximum absolute atomic E-state index is 14.7. The number of carbonyl (C=O) groups is 2. The molecule has 0 saturated heterocycles. The van der Waals surface area contributed by atoms with E-state index in [9.17, 15) is 18.4 Å². The number of fused-ring (bicyclic) bond motifs is 1. The summed E-state index contributed by atoms with van der Waals surface area (Å²) in [5, 5.41) is 0.540. The van der Waals surface area contributed by atoms with Crippen LogP contribution in [0.15, 0.2) is 60.7 Å². The molecule has 0 radical (unpaired) electrons. The van der Waals surface area contributed by atoms with Crippen molar-refractivity contribution in [2.45, 2.75) is 51.6 Å². The molecule has 0 bridgehead atoms. The number of imidazole rings is 1. The molecule has 0 spiro atoms. The first-order chi connectivity index (χ1) is 18.7. The van der Waals surface area contributed by atoms with Crippen molar-refractivity contribution in [2.75, 3.05) is 11.5 Å². The van der Waals surface area contributed by atoms with E-state index in [0.717, 1.165) is 31.4 Å². The lowest BCUT2D eigenvalue weighted by Gasteiger charge is -2.48. The molecule has 3 aromatic carbocycles. The summed E-state index contributed by atoms with van der Waals surface area (Å²) in [7, 11) is 0. The second-order valence-electron chi connectivity index (χ2n) is 9.70. The number of esters is 1. The highest BCUT2D eigenvalue weighted by Gasteiger charge is 2.45. The highest BCUT2D eigenvalue weighted by molar-refractivity contribution is 6.30. The van der Waals surface area contributed by atoms with Crippen molar-refractivity contribution in [3.63, 3.8) is 0 Å². The Morgan fingerprint density at radius 1 is 1.00 bits per heavy atom. The monoisotopic (exact) mass is 551 g/mol. The number of halogens is 3. The van der Waals surface area contributed by atoms with Crippen LogP contribution in [0.1, 0.15) is 56.3 Å². The van der Waals surface area contributed by atoms with Crippen LogP contribution in [0.4, 0.5) is 14.5 Å². The summed E-state index contributed by atoms with van der Waals surface area (Å²) >= 11 is 6.15. The van der Waals surface area contributed by atoms with Gasteiger partial charge in [-0.3, -0.25) is 14.3 Å². The first kappa shape index (κ1) is 26.8. The summed E-state index contributed by atoms with van der Waals surface area (Å²) in [6.07, 6.45) is 3.73. The van der Waals surface area contributed by atoms with Gasteiger partial charge >= 0.3 is 5.97 Å². The fourth-order valence-corrected chi connectivity index (χ4v) is 5.75. The van der Waals surface area contributed by atoms with Gasteiger partial charge in [-0.05, 0) is 81.1 Å². The van der Waals surface area contributed by atoms with Crippen molar-refractivity contribution >= 4 is 40.2 Å². The summed E-state index contributed by atoms with van der Waals surface area (Å²) < 4.78 is 36.0. The van der Waals surface area contributed by atoms with E-state index in [0.29, 0.717) is 46.0 Å². The van der Waals surface area contributed by atoms with E-state index in [1.165, 1.54) is 6.92 Å². The van der Waals surface area contributed by atoms with Crippen molar-refractivity contribution in [3.8, 4) is 11.4 Å². The third-order valence-electron chi connectivity index (χ3n) is 7.24. The van der Waals surface area contributed by atoms with Gasteiger partial charge in [0.2, 0.25) is 5.91 Å². The van der Waals surface area contributed by atoms with Crippen LogP contribution in [0.2, 0.25) is 5.02 Å². The minimum absolute atomic E-state index is 0.229. The number of rotatable bonds is 6. The lowest BCUT2D eigenvalue weighted by molar-refractivity contribution is -0.119. The minimum atomic E-state index is -0.995. The van der Waals surface area contributed by atoms with Crippen LogP contribution in [0, 0.1) is 11.6 Å². The van der Waals surface area contributed by atoms with Gasteiger partial charge in [0, 0.05) is 35.3 Å². The molecule has 9 heteroatoms. The van der Waals surface area contributed by atoms with E-state index in [2.05, 4.69) is 0 Å². The Kier molecular flexibility index (Phi) is 7.40. The highest BCUT2D eigenvalue weighted by Crippen LogP contribution is 2.45. The molecule has 0 atom stereocenters. The van der Waals surface area contributed by atoms with Gasteiger partial charge in [-0.2, -0.15) is 0 Å². The average molecular weight is 552 g/mol. The highest BCUT2D eigenvalue weighted by atomic mass is 35.5. The van der Waals surface area contributed by atoms with Crippen LogP contribution in [0.25, 0.3) is 22.4 Å².